The molecular formula is C25H21ClF3NO3. The molecule has 1 saturated heterocycles. The van der Waals surface area contributed by atoms with Crippen molar-refractivity contribution in [3.8, 4) is 11.5 Å². The van der Waals surface area contributed by atoms with Gasteiger partial charge >= 0.3 is 6.18 Å². The molecule has 172 valence electrons. The van der Waals surface area contributed by atoms with Gasteiger partial charge in [-0.15, -0.1) is 0 Å². The second-order valence-electron chi connectivity index (χ2n) is 7.84. The maximum Gasteiger partial charge on any atom is 0.416 e. The van der Waals surface area contributed by atoms with Gasteiger partial charge in [-0.25, -0.2) is 0 Å². The summed E-state index contributed by atoms with van der Waals surface area (Å²) in [4.78, 5) is 14.6. The van der Waals surface area contributed by atoms with Gasteiger partial charge in [-0.1, -0.05) is 23.7 Å². The van der Waals surface area contributed by atoms with E-state index >= 15 is 0 Å². The number of aliphatic hydroxyl groups is 1. The first-order valence-corrected chi connectivity index (χ1v) is 10.8. The molecule has 1 N–H and O–H groups in total. The fourth-order valence-corrected chi connectivity index (χ4v) is 4.18. The number of aliphatic hydroxyl groups excluding tert-OH is 1. The summed E-state index contributed by atoms with van der Waals surface area (Å²) in [6.45, 7) is -0.173. The molecule has 4 rings (SSSR count). The molecule has 3 aromatic carbocycles. The highest BCUT2D eigenvalue weighted by molar-refractivity contribution is 6.30. The summed E-state index contributed by atoms with van der Waals surface area (Å²) in [5.74, 6) is 0.432. The Morgan fingerprint density at radius 1 is 1.00 bits per heavy atom. The Hall–Kier alpha value is -3.03. The number of nitrogens with zero attached hydrogens (tertiary/aromatic N) is 1. The lowest BCUT2D eigenvalue weighted by molar-refractivity contribution is -0.137. The van der Waals surface area contributed by atoms with E-state index in [1.54, 1.807) is 54.6 Å². The van der Waals surface area contributed by atoms with Crippen LogP contribution in [0.4, 0.5) is 18.9 Å². The van der Waals surface area contributed by atoms with Crippen LogP contribution in [0.15, 0.2) is 72.8 Å². The number of anilines is 1. The van der Waals surface area contributed by atoms with Crippen LogP contribution in [0.3, 0.4) is 0 Å². The van der Waals surface area contributed by atoms with E-state index in [0.29, 0.717) is 34.2 Å². The van der Waals surface area contributed by atoms with E-state index in [9.17, 15) is 23.1 Å². The summed E-state index contributed by atoms with van der Waals surface area (Å²) < 4.78 is 45.6. The highest BCUT2D eigenvalue weighted by Gasteiger charge is 2.41. The molecule has 0 radical (unpaired) electrons. The summed E-state index contributed by atoms with van der Waals surface area (Å²) in [7, 11) is 0. The lowest BCUT2D eigenvalue weighted by atomic mass is 9.96. The summed E-state index contributed by atoms with van der Waals surface area (Å²) in [6.07, 6.45) is -3.90. The number of benzene rings is 3. The number of amides is 1. The molecule has 8 heteroatoms. The lowest BCUT2D eigenvalue weighted by Gasteiger charge is -2.26. The summed E-state index contributed by atoms with van der Waals surface area (Å²) in [5, 5.41) is 9.94. The van der Waals surface area contributed by atoms with Crippen LogP contribution in [-0.2, 0) is 11.0 Å². The van der Waals surface area contributed by atoms with Gasteiger partial charge in [0.1, 0.15) is 11.5 Å². The van der Waals surface area contributed by atoms with Gasteiger partial charge in [0.2, 0.25) is 5.91 Å². The van der Waals surface area contributed by atoms with Gasteiger partial charge in [0.25, 0.3) is 0 Å². The van der Waals surface area contributed by atoms with Crippen LogP contribution in [-0.4, -0.2) is 17.6 Å². The van der Waals surface area contributed by atoms with Crippen molar-refractivity contribution in [2.24, 2.45) is 5.92 Å². The average Bonchev–Trinajstić information content (AvgIpc) is 3.12. The zero-order valence-electron chi connectivity index (χ0n) is 17.4. The minimum absolute atomic E-state index is 0.173. The molecule has 0 bridgehead atoms. The summed E-state index contributed by atoms with van der Waals surface area (Å²) >= 11 is 5.88. The zero-order valence-corrected chi connectivity index (χ0v) is 18.2. The molecule has 1 heterocycles. The SMILES string of the molecule is O=C1C(CCO)CC(c2cccc(C(F)(F)F)c2)N1c1ccc(Oc2ccc(Cl)cc2)cc1. The molecule has 0 saturated carbocycles. The smallest absolute Gasteiger partial charge is 0.416 e. The number of halogens is 4. The maximum atomic E-state index is 13.3. The van der Waals surface area contributed by atoms with E-state index in [2.05, 4.69) is 0 Å². The largest absolute Gasteiger partial charge is 0.457 e. The third kappa shape index (κ3) is 5.15. The number of carbonyl (C=O) groups is 1. The number of ether oxygens (including phenoxy) is 1. The predicted molar refractivity (Wildman–Crippen MR) is 119 cm³/mol. The molecule has 0 aliphatic carbocycles. The number of alkyl halides is 3. The van der Waals surface area contributed by atoms with E-state index in [4.69, 9.17) is 16.3 Å². The molecule has 1 fully saturated rings. The summed E-state index contributed by atoms with van der Waals surface area (Å²) in [6, 6.07) is 18.1. The number of hydrogen-bond acceptors (Lipinski definition) is 3. The first kappa shape index (κ1) is 23.1. The Labute approximate surface area is 194 Å². The third-order valence-electron chi connectivity index (χ3n) is 5.65. The average molecular weight is 476 g/mol. The molecule has 0 spiro atoms. The Kier molecular flexibility index (Phi) is 6.63. The molecule has 1 amide bonds. The maximum absolute atomic E-state index is 13.3. The second kappa shape index (κ2) is 9.45. The van der Waals surface area contributed by atoms with Crippen molar-refractivity contribution in [1.82, 2.24) is 0 Å². The van der Waals surface area contributed by atoms with Gasteiger partial charge in [-0.2, -0.15) is 13.2 Å². The van der Waals surface area contributed by atoms with Gasteiger partial charge in [0.05, 0.1) is 11.6 Å². The Bertz CT molecular complexity index is 1120. The normalized spacial score (nSPS) is 18.6. The van der Waals surface area contributed by atoms with E-state index in [0.717, 1.165) is 12.1 Å². The summed E-state index contributed by atoms with van der Waals surface area (Å²) in [5.41, 5.74) is 0.191. The van der Waals surface area contributed by atoms with Gasteiger partial charge in [-0.3, -0.25) is 4.79 Å². The van der Waals surface area contributed by atoms with Crippen molar-refractivity contribution in [1.29, 1.82) is 0 Å². The highest BCUT2D eigenvalue weighted by Crippen LogP contribution is 2.43. The molecule has 33 heavy (non-hydrogen) atoms. The molecule has 2 atom stereocenters. The van der Waals surface area contributed by atoms with Crippen molar-refractivity contribution >= 4 is 23.2 Å². The Balaban J connectivity index is 1.63. The van der Waals surface area contributed by atoms with Crippen LogP contribution in [0.2, 0.25) is 5.02 Å². The second-order valence-corrected chi connectivity index (χ2v) is 8.28. The van der Waals surface area contributed by atoms with Crippen molar-refractivity contribution in [2.75, 3.05) is 11.5 Å². The van der Waals surface area contributed by atoms with E-state index in [-0.39, 0.29) is 18.9 Å². The highest BCUT2D eigenvalue weighted by atomic mass is 35.5. The van der Waals surface area contributed by atoms with E-state index < -0.39 is 23.7 Å². The number of rotatable bonds is 6. The van der Waals surface area contributed by atoms with Crippen LogP contribution < -0.4 is 9.64 Å². The monoisotopic (exact) mass is 475 g/mol. The first-order valence-electron chi connectivity index (χ1n) is 10.4. The van der Waals surface area contributed by atoms with E-state index in [1.165, 1.54) is 11.0 Å². The van der Waals surface area contributed by atoms with Crippen molar-refractivity contribution < 1.29 is 27.8 Å². The fourth-order valence-electron chi connectivity index (χ4n) is 4.05. The van der Waals surface area contributed by atoms with E-state index in [1.807, 2.05) is 0 Å². The molecule has 0 aromatic heterocycles. The minimum atomic E-state index is -4.48. The third-order valence-corrected chi connectivity index (χ3v) is 5.90. The molecular weight excluding hydrogens is 455 g/mol. The predicted octanol–water partition coefficient (Wildman–Crippen LogP) is 6.63. The van der Waals surface area contributed by atoms with Gasteiger partial charge in [0, 0.05) is 23.2 Å². The molecule has 1 aliphatic rings. The Morgan fingerprint density at radius 3 is 2.24 bits per heavy atom. The van der Waals surface area contributed by atoms with Crippen molar-refractivity contribution in [3.05, 3.63) is 88.9 Å². The van der Waals surface area contributed by atoms with Gasteiger partial charge in [0.15, 0.2) is 0 Å². The van der Waals surface area contributed by atoms with Crippen LogP contribution in [0.1, 0.15) is 30.0 Å². The Morgan fingerprint density at radius 2 is 1.64 bits per heavy atom. The first-order chi connectivity index (χ1) is 15.8. The lowest BCUT2D eigenvalue weighted by Crippen LogP contribution is -2.29. The fraction of sp³-hybridized carbons (Fsp3) is 0.240. The van der Waals surface area contributed by atoms with Crippen LogP contribution in [0.25, 0.3) is 0 Å². The molecule has 3 aromatic rings. The van der Waals surface area contributed by atoms with Crippen molar-refractivity contribution in [2.45, 2.75) is 25.1 Å². The minimum Gasteiger partial charge on any atom is -0.457 e. The molecule has 4 nitrogen and oxygen atoms in total. The number of hydrogen-bond donors (Lipinski definition) is 1. The van der Waals surface area contributed by atoms with Crippen LogP contribution in [0, 0.1) is 5.92 Å². The molecule has 2 unspecified atom stereocenters. The zero-order chi connectivity index (χ0) is 23.6. The van der Waals surface area contributed by atoms with Crippen LogP contribution >= 0.6 is 11.6 Å². The quantitative estimate of drug-likeness (QED) is 0.435. The van der Waals surface area contributed by atoms with Crippen LogP contribution in [0.5, 0.6) is 11.5 Å². The molecule has 1 aliphatic heterocycles. The number of carbonyl (C=O) groups excluding carboxylic acids is 1. The van der Waals surface area contributed by atoms with Crippen molar-refractivity contribution in [3.63, 3.8) is 0 Å². The topological polar surface area (TPSA) is 49.8 Å². The standard InChI is InChI=1S/C25H21ClF3NO3/c26-19-4-8-21(9-5-19)33-22-10-6-20(7-11-22)30-23(15-17(12-13-31)24(30)32)16-2-1-3-18(14-16)25(27,28)29/h1-11,14,17,23,31H,12-13,15H2. The van der Waals surface area contributed by atoms with Gasteiger partial charge in [-0.05, 0) is 79.1 Å². The van der Waals surface area contributed by atoms with Gasteiger partial charge < -0.3 is 14.7 Å².